The van der Waals surface area contributed by atoms with Crippen molar-refractivity contribution in [2.75, 3.05) is 12.3 Å². The van der Waals surface area contributed by atoms with E-state index in [9.17, 15) is 24.3 Å². The van der Waals surface area contributed by atoms with E-state index in [-0.39, 0.29) is 31.4 Å². The van der Waals surface area contributed by atoms with E-state index >= 15 is 0 Å². The third kappa shape index (κ3) is 10.2. The van der Waals surface area contributed by atoms with Crippen LogP contribution in [0.4, 0.5) is 0 Å². The monoisotopic (exact) mass is 392 g/mol. The molecule has 0 aromatic heterocycles. The predicted octanol–water partition coefficient (Wildman–Crippen LogP) is -1.32. The highest BCUT2D eigenvalue weighted by molar-refractivity contribution is 7.80. The number of amides is 2. The van der Waals surface area contributed by atoms with E-state index < -0.39 is 41.9 Å². The van der Waals surface area contributed by atoms with E-state index in [0.29, 0.717) is 19.4 Å². The molecule has 0 saturated carbocycles. The maximum Gasteiger partial charge on any atom is 0.326 e. The van der Waals surface area contributed by atoms with Crippen molar-refractivity contribution in [3.05, 3.63) is 0 Å². The quantitative estimate of drug-likeness (QED) is 0.140. The summed E-state index contributed by atoms with van der Waals surface area (Å²) >= 11 is 4.03. The average Bonchev–Trinajstić information content (AvgIpc) is 2.57. The van der Waals surface area contributed by atoms with Crippen LogP contribution < -0.4 is 22.1 Å². The van der Waals surface area contributed by atoms with E-state index in [1.807, 2.05) is 0 Å². The van der Waals surface area contributed by atoms with Gasteiger partial charge in [-0.1, -0.05) is 0 Å². The number of carboxylic acid groups (broad SMARTS) is 2. The Kier molecular flexibility index (Phi) is 12.4. The van der Waals surface area contributed by atoms with Gasteiger partial charge < -0.3 is 32.3 Å². The Hall–Kier alpha value is -1.85. The Morgan fingerprint density at radius 3 is 2.04 bits per heavy atom. The standard InChI is InChI=1S/C15H28N4O6S/c16-7-2-1-3-11(15(24)25)19-14(23)10(6-8-26)18-13(22)9(17)4-5-12(20)21/h9-11,26H,1-8,16-17H2,(H,18,22)(H,19,23)(H,20,21)(H,24,25). The summed E-state index contributed by atoms with van der Waals surface area (Å²) in [6.45, 7) is 0.423. The van der Waals surface area contributed by atoms with Gasteiger partial charge in [-0.3, -0.25) is 14.4 Å². The highest BCUT2D eigenvalue weighted by atomic mass is 32.1. The molecule has 0 spiro atoms. The third-order valence-electron chi connectivity index (χ3n) is 3.62. The second-order valence-electron chi connectivity index (χ2n) is 5.80. The molecular weight excluding hydrogens is 364 g/mol. The Morgan fingerprint density at radius 1 is 0.923 bits per heavy atom. The molecule has 2 amide bonds. The number of hydrogen-bond acceptors (Lipinski definition) is 7. The van der Waals surface area contributed by atoms with Crippen molar-refractivity contribution >= 4 is 36.4 Å². The second-order valence-corrected chi connectivity index (χ2v) is 6.24. The molecule has 0 saturated heterocycles. The van der Waals surface area contributed by atoms with Crippen LogP contribution in [0.25, 0.3) is 0 Å². The molecule has 11 heteroatoms. The number of nitrogens with two attached hydrogens (primary N) is 2. The van der Waals surface area contributed by atoms with Gasteiger partial charge in [0.1, 0.15) is 12.1 Å². The van der Waals surface area contributed by atoms with Crippen molar-refractivity contribution in [2.24, 2.45) is 11.5 Å². The van der Waals surface area contributed by atoms with Crippen LogP contribution in [0.3, 0.4) is 0 Å². The van der Waals surface area contributed by atoms with Gasteiger partial charge in [-0.25, -0.2) is 4.79 Å². The van der Waals surface area contributed by atoms with Crippen LogP contribution in [0.1, 0.15) is 38.5 Å². The normalized spacial score (nSPS) is 14.1. The summed E-state index contributed by atoms with van der Waals surface area (Å²) in [5.41, 5.74) is 11.0. The fourth-order valence-electron chi connectivity index (χ4n) is 2.11. The minimum absolute atomic E-state index is 0.0762. The van der Waals surface area contributed by atoms with E-state index in [0.717, 1.165) is 0 Å². The number of carbonyl (C=O) groups is 4. The first-order valence-corrected chi connectivity index (χ1v) is 8.98. The van der Waals surface area contributed by atoms with Gasteiger partial charge >= 0.3 is 11.9 Å². The zero-order valence-corrected chi connectivity index (χ0v) is 15.4. The molecule has 0 aromatic carbocycles. The fraction of sp³-hybridized carbons (Fsp3) is 0.733. The summed E-state index contributed by atoms with van der Waals surface area (Å²) in [5.74, 6) is -3.32. The maximum absolute atomic E-state index is 12.3. The van der Waals surface area contributed by atoms with Gasteiger partial charge in [-0.2, -0.15) is 12.6 Å². The van der Waals surface area contributed by atoms with Gasteiger partial charge in [0.25, 0.3) is 0 Å². The molecule has 0 aromatic rings. The Labute approximate surface area is 157 Å². The molecule has 3 unspecified atom stereocenters. The molecule has 0 bridgehead atoms. The SMILES string of the molecule is NCCCCC(NC(=O)C(CCS)NC(=O)C(N)CCC(=O)O)C(=O)O. The van der Waals surface area contributed by atoms with Crippen LogP contribution in [0.15, 0.2) is 0 Å². The first kappa shape index (κ1) is 24.1. The summed E-state index contributed by atoms with van der Waals surface area (Å²) in [6.07, 6.45) is 1.21. The lowest BCUT2D eigenvalue weighted by atomic mass is 10.1. The lowest BCUT2D eigenvalue weighted by Crippen LogP contribution is -2.54. The van der Waals surface area contributed by atoms with Crippen LogP contribution in [-0.4, -0.2) is 64.4 Å². The van der Waals surface area contributed by atoms with Gasteiger partial charge in [-0.05, 0) is 44.4 Å². The van der Waals surface area contributed by atoms with E-state index in [2.05, 4.69) is 23.3 Å². The van der Waals surface area contributed by atoms with Gasteiger partial charge in [0.2, 0.25) is 11.8 Å². The highest BCUT2D eigenvalue weighted by Crippen LogP contribution is 2.04. The smallest absolute Gasteiger partial charge is 0.326 e. The number of thiol groups is 1. The van der Waals surface area contributed by atoms with Crippen molar-refractivity contribution in [3.63, 3.8) is 0 Å². The average molecular weight is 392 g/mol. The fourth-order valence-corrected chi connectivity index (χ4v) is 2.37. The highest BCUT2D eigenvalue weighted by Gasteiger charge is 2.27. The van der Waals surface area contributed by atoms with Crippen molar-refractivity contribution in [1.82, 2.24) is 10.6 Å². The molecule has 3 atom stereocenters. The van der Waals surface area contributed by atoms with E-state index in [4.69, 9.17) is 16.6 Å². The van der Waals surface area contributed by atoms with Crippen LogP contribution >= 0.6 is 12.6 Å². The summed E-state index contributed by atoms with van der Waals surface area (Å²) in [5, 5.41) is 22.6. The molecule has 0 aliphatic heterocycles. The summed E-state index contributed by atoms with van der Waals surface area (Å²) in [4.78, 5) is 46.1. The molecule has 150 valence electrons. The number of rotatable bonds is 14. The molecule has 0 heterocycles. The number of carboxylic acids is 2. The molecule has 8 N–H and O–H groups in total. The van der Waals surface area contributed by atoms with E-state index in [1.165, 1.54) is 0 Å². The Balaban J connectivity index is 4.77. The van der Waals surface area contributed by atoms with Crippen molar-refractivity contribution in [3.8, 4) is 0 Å². The minimum Gasteiger partial charge on any atom is -0.481 e. The minimum atomic E-state index is -1.18. The zero-order valence-electron chi connectivity index (χ0n) is 14.5. The zero-order chi connectivity index (χ0) is 20.1. The lowest BCUT2D eigenvalue weighted by Gasteiger charge is -2.22. The molecule has 10 nitrogen and oxygen atoms in total. The molecule has 0 aliphatic carbocycles. The number of carbonyl (C=O) groups excluding carboxylic acids is 2. The van der Waals surface area contributed by atoms with Crippen LogP contribution in [0, 0.1) is 0 Å². The molecule has 26 heavy (non-hydrogen) atoms. The Bertz CT molecular complexity index is 491. The first-order valence-electron chi connectivity index (χ1n) is 8.34. The number of aliphatic carboxylic acids is 2. The lowest BCUT2D eigenvalue weighted by molar-refractivity contribution is -0.142. The number of hydrogen-bond donors (Lipinski definition) is 7. The number of nitrogens with one attached hydrogen (secondary N) is 2. The molecule has 0 radical (unpaired) electrons. The second kappa shape index (κ2) is 13.4. The Morgan fingerprint density at radius 2 is 1.54 bits per heavy atom. The number of unbranched alkanes of at least 4 members (excludes halogenated alkanes) is 1. The molecular formula is C15H28N4O6S. The van der Waals surface area contributed by atoms with Gasteiger partial charge in [-0.15, -0.1) is 0 Å². The van der Waals surface area contributed by atoms with Crippen molar-refractivity contribution in [1.29, 1.82) is 0 Å². The van der Waals surface area contributed by atoms with Crippen LogP contribution in [0.5, 0.6) is 0 Å². The summed E-state index contributed by atoms with van der Waals surface area (Å²) in [7, 11) is 0. The summed E-state index contributed by atoms with van der Waals surface area (Å²) < 4.78 is 0. The molecule has 0 aliphatic rings. The van der Waals surface area contributed by atoms with Crippen LogP contribution in [0.2, 0.25) is 0 Å². The van der Waals surface area contributed by atoms with Crippen molar-refractivity contribution in [2.45, 2.75) is 56.7 Å². The third-order valence-corrected chi connectivity index (χ3v) is 3.88. The van der Waals surface area contributed by atoms with Crippen molar-refractivity contribution < 1.29 is 29.4 Å². The van der Waals surface area contributed by atoms with Gasteiger partial charge in [0.05, 0.1) is 6.04 Å². The first-order chi connectivity index (χ1) is 12.2. The molecule has 0 rings (SSSR count). The largest absolute Gasteiger partial charge is 0.481 e. The van der Waals surface area contributed by atoms with Crippen LogP contribution in [-0.2, 0) is 19.2 Å². The molecule has 0 fully saturated rings. The topological polar surface area (TPSA) is 185 Å². The van der Waals surface area contributed by atoms with Gasteiger partial charge in [0, 0.05) is 6.42 Å². The van der Waals surface area contributed by atoms with E-state index in [1.54, 1.807) is 0 Å². The predicted molar refractivity (Wildman–Crippen MR) is 97.7 cm³/mol. The summed E-state index contributed by atoms with van der Waals surface area (Å²) in [6, 6.07) is -3.18. The maximum atomic E-state index is 12.3. The van der Waals surface area contributed by atoms with Gasteiger partial charge in [0.15, 0.2) is 0 Å².